The van der Waals surface area contributed by atoms with Crippen molar-refractivity contribution in [1.82, 2.24) is 4.90 Å². The summed E-state index contributed by atoms with van der Waals surface area (Å²) >= 11 is 0. The second-order valence-corrected chi connectivity index (χ2v) is 3.35. The molecule has 0 aromatic rings. The van der Waals surface area contributed by atoms with Crippen molar-refractivity contribution in [3.05, 3.63) is 12.2 Å². The van der Waals surface area contributed by atoms with Crippen LogP contribution in [0.5, 0.6) is 0 Å². The van der Waals surface area contributed by atoms with Crippen LogP contribution < -0.4 is 0 Å². The topological polar surface area (TPSA) is 29.5 Å². The Morgan fingerprint density at radius 1 is 1.46 bits per heavy atom. The van der Waals surface area contributed by atoms with Gasteiger partial charge in [0.1, 0.15) is 6.73 Å². The van der Waals surface area contributed by atoms with Crippen molar-refractivity contribution in [3.8, 4) is 0 Å². The second kappa shape index (κ2) is 6.66. The zero-order chi connectivity index (χ0) is 10.3. The van der Waals surface area contributed by atoms with Crippen molar-refractivity contribution in [2.24, 2.45) is 0 Å². The van der Waals surface area contributed by atoms with E-state index in [0.717, 1.165) is 19.3 Å². The van der Waals surface area contributed by atoms with Crippen LogP contribution in [0.2, 0.25) is 0 Å². The van der Waals surface area contributed by atoms with Gasteiger partial charge in [-0.15, -0.1) is 0 Å². The van der Waals surface area contributed by atoms with Crippen molar-refractivity contribution < 1.29 is 9.53 Å². The lowest BCUT2D eigenvalue weighted by atomic mass is 10.1. The van der Waals surface area contributed by atoms with Gasteiger partial charge in [-0.3, -0.25) is 4.90 Å². The average molecular weight is 185 g/mol. The van der Waals surface area contributed by atoms with E-state index >= 15 is 0 Å². The van der Waals surface area contributed by atoms with E-state index in [9.17, 15) is 4.79 Å². The summed E-state index contributed by atoms with van der Waals surface area (Å²) in [6.45, 7) is 6.08. The molecule has 0 saturated heterocycles. The van der Waals surface area contributed by atoms with E-state index in [1.807, 2.05) is 14.1 Å². The number of carbonyl (C=O) groups excluding carboxylic acids is 1. The van der Waals surface area contributed by atoms with E-state index in [-0.39, 0.29) is 5.97 Å². The summed E-state index contributed by atoms with van der Waals surface area (Å²) in [5.41, 5.74) is 0.573. The standard InChI is InChI=1S/C10H19NO2/c1-5-6-7-9(2)10(12)13-8-11(3)4/h2,5-8H2,1,3-4H3. The molecule has 0 aromatic heterocycles. The summed E-state index contributed by atoms with van der Waals surface area (Å²) in [4.78, 5) is 13.0. The molecular formula is C10H19NO2. The van der Waals surface area contributed by atoms with E-state index in [0.29, 0.717) is 12.3 Å². The maximum absolute atomic E-state index is 11.2. The van der Waals surface area contributed by atoms with Crippen LogP contribution in [-0.4, -0.2) is 31.7 Å². The molecule has 0 bridgehead atoms. The first-order valence-electron chi connectivity index (χ1n) is 4.57. The van der Waals surface area contributed by atoms with E-state index < -0.39 is 0 Å². The van der Waals surface area contributed by atoms with Crippen molar-refractivity contribution in [2.45, 2.75) is 26.2 Å². The molecule has 0 unspecified atom stereocenters. The molecule has 0 radical (unpaired) electrons. The summed E-state index contributed by atoms with van der Waals surface area (Å²) < 4.78 is 4.95. The number of ether oxygens (including phenoxy) is 1. The van der Waals surface area contributed by atoms with E-state index in [1.165, 1.54) is 0 Å². The third-order valence-corrected chi connectivity index (χ3v) is 1.57. The zero-order valence-electron chi connectivity index (χ0n) is 8.80. The maximum Gasteiger partial charge on any atom is 0.334 e. The quantitative estimate of drug-likeness (QED) is 0.359. The Labute approximate surface area is 80.4 Å². The summed E-state index contributed by atoms with van der Waals surface area (Å²) in [6.07, 6.45) is 2.80. The van der Waals surface area contributed by atoms with Crippen LogP contribution >= 0.6 is 0 Å². The minimum Gasteiger partial charge on any atom is -0.446 e. The molecule has 76 valence electrons. The number of hydrogen-bond donors (Lipinski definition) is 0. The highest BCUT2D eigenvalue weighted by Crippen LogP contribution is 2.06. The van der Waals surface area contributed by atoms with Crippen LogP contribution in [-0.2, 0) is 9.53 Å². The second-order valence-electron chi connectivity index (χ2n) is 3.35. The third kappa shape index (κ3) is 6.34. The molecule has 0 saturated carbocycles. The van der Waals surface area contributed by atoms with Gasteiger partial charge in [-0.05, 0) is 26.9 Å². The molecular weight excluding hydrogens is 166 g/mol. The van der Waals surface area contributed by atoms with Crippen LogP contribution in [0.1, 0.15) is 26.2 Å². The predicted octanol–water partition coefficient (Wildman–Crippen LogP) is 1.80. The Kier molecular flexibility index (Phi) is 6.24. The first-order chi connectivity index (χ1) is 6.07. The Morgan fingerprint density at radius 3 is 2.54 bits per heavy atom. The van der Waals surface area contributed by atoms with Crippen molar-refractivity contribution in [2.75, 3.05) is 20.8 Å². The largest absolute Gasteiger partial charge is 0.446 e. The minimum atomic E-state index is -0.276. The van der Waals surface area contributed by atoms with Gasteiger partial charge >= 0.3 is 5.97 Å². The van der Waals surface area contributed by atoms with Crippen LogP contribution in [0.3, 0.4) is 0 Å². The number of esters is 1. The lowest BCUT2D eigenvalue weighted by Crippen LogP contribution is -2.20. The molecule has 3 nitrogen and oxygen atoms in total. The Morgan fingerprint density at radius 2 is 2.08 bits per heavy atom. The van der Waals surface area contributed by atoms with Crippen molar-refractivity contribution >= 4 is 5.97 Å². The number of hydrogen-bond acceptors (Lipinski definition) is 3. The van der Waals surface area contributed by atoms with Crippen LogP contribution in [0.25, 0.3) is 0 Å². The molecule has 0 aliphatic carbocycles. The van der Waals surface area contributed by atoms with Crippen LogP contribution in [0.15, 0.2) is 12.2 Å². The molecule has 0 aliphatic heterocycles. The predicted molar refractivity (Wildman–Crippen MR) is 53.3 cm³/mol. The molecule has 0 rings (SSSR count). The van der Waals surface area contributed by atoms with E-state index in [4.69, 9.17) is 4.74 Å². The van der Waals surface area contributed by atoms with Gasteiger partial charge in [0.25, 0.3) is 0 Å². The Balaban J connectivity index is 3.64. The maximum atomic E-state index is 11.2. The van der Waals surface area contributed by atoms with Gasteiger partial charge in [-0.1, -0.05) is 19.9 Å². The fraction of sp³-hybridized carbons (Fsp3) is 0.700. The smallest absolute Gasteiger partial charge is 0.334 e. The van der Waals surface area contributed by atoms with Gasteiger partial charge in [0, 0.05) is 5.57 Å². The number of rotatable bonds is 6. The fourth-order valence-electron chi connectivity index (χ4n) is 0.782. The van der Waals surface area contributed by atoms with Crippen LogP contribution in [0.4, 0.5) is 0 Å². The molecule has 0 spiro atoms. The molecule has 0 fully saturated rings. The summed E-state index contributed by atoms with van der Waals surface area (Å²) in [5, 5.41) is 0. The minimum absolute atomic E-state index is 0.276. The molecule has 0 aliphatic rings. The van der Waals surface area contributed by atoms with E-state index in [1.54, 1.807) is 4.90 Å². The first-order valence-corrected chi connectivity index (χ1v) is 4.57. The number of carbonyl (C=O) groups is 1. The zero-order valence-corrected chi connectivity index (χ0v) is 8.80. The lowest BCUT2D eigenvalue weighted by molar-refractivity contribution is -0.142. The lowest BCUT2D eigenvalue weighted by Gasteiger charge is -2.11. The Bertz CT molecular complexity index is 176. The van der Waals surface area contributed by atoms with Gasteiger partial charge in [-0.2, -0.15) is 0 Å². The van der Waals surface area contributed by atoms with Gasteiger partial charge in [-0.25, -0.2) is 4.79 Å². The van der Waals surface area contributed by atoms with Crippen molar-refractivity contribution in [1.29, 1.82) is 0 Å². The molecule has 0 heterocycles. The summed E-state index contributed by atoms with van der Waals surface area (Å²) in [5.74, 6) is -0.276. The highest BCUT2D eigenvalue weighted by atomic mass is 16.5. The molecule has 0 aromatic carbocycles. The molecule has 3 heteroatoms. The van der Waals surface area contributed by atoms with Gasteiger partial charge in [0.15, 0.2) is 0 Å². The first kappa shape index (κ1) is 12.2. The Hall–Kier alpha value is -0.830. The van der Waals surface area contributed by atoms with Gasteiger partial charge in [0.05, 0.1) is 0 Å². The fourth-order valence-corrected chi connectivity index (χ4v) is 0.782. The molecule has 0 N–H and O–H groups in total. The highest BCUT2D eigenvalue weighted by molar-refractivity contribution is 5.87. The average Bonchev–Trinajstić information content (AvgIpc) is 2.10. The monoisotopic (exact) mass is 185 g/mol. The summed E-state index contributed by atoms with van der Waals surface area (Å²) in [6, 6.07) is 0. The molecule has 0 amide bonds. The van der Waals surface area contributed by atoms with Crippen molar-refractivity contribution in [3.63, 3.8) is 0 Å². The SMILES string of the molecule is C=C(CCCC)C(=O)OCN(C)C. The number of unbranched alkanes of at least 4 members (excludes halogenated alkanes) is 1. The van der Waals surface area contributed by atoms with E-state index in [2.05, 4.69) is 13.5 Å². The number of nitrogens with zero attached hydrogens (tertiary/aromatic N) is 1. The normalized spacial score (nSPS) is 10.2. The highest BCUT2D eigenvalue weighted by Gasteiger charge is 2.07. The molecule has 0 atom stereocenters. The van der Waals surface area contributed by atoms with Gasteiger partial charge in [0.2, 0.25) is 0 Å². The molecule has 13 heavy (non-hydrogen) atoms. The third-order valence-electron chi connectivity index (χ3n) is 1.57. The van der Waals surface area contributed by atoms with Gasteiger partial charge < -0.3 is 4.74 Å². The summed E-state index contributed by atoms with van der Waals surface area (Å²) in [7, 11) is 3.70. The van der Waals surface area contributed by atoms with Crippen LogP contribution in [0, 0.1) is 0 Å².